The Hall–Kier alpha value is -3.13. The van der Waals surface area contributed by atoms with Gasteiger partial charge in [-0.05, 0) is 67.5 Å². The number of amides is 1. The number of aromatic nitrogens is 2. The standard InChI is InChI=1S/C20H21N3O4S/c1-13-5-4-6-17(14(13)2)21-18(24)11-23-20(28)27-19(22-23)12-26-16-9-7-15(25-3)8-10-16/h4-10H,11-12H2,1-3H3,(H,21,24). The summed E-state index contributed by atoms with van der Waals surface area (Å²) in [6.07, 6.45) is 0. The van der Waals surface area contributed by atoms with Crippen molar-refractivity contribution in [3.63, 3.8) is 0 Å². The fourth-order valence-electron chi connectivity index (χ4n) is 2.54. The molecule has 0 unspecified atom stereocenters. The molecule has 0 saturated heterocycles. The molecule has 0 atom stereocenters. The van der Waals surface area contributed by atoms with Crippen LogP contribution < -0.4 is 14.8 Å². The van der Waals surface area contributed by atoms with Crippen LogP contribution in [0.1, 0.15) is 17.0 Å². The lowest BCUT2D eigenvalue weighted by Gasteiger charge is -2.10. The lowest BCUT2D eigenvalue weighted by molar-refractivity contribution is -0.117. The van der Waals surface area contributed by atoms with Gasteiger partial charge in [0.05, 0.1) is 7.11 Å². The lowest BCUT2D eigenvalue weighted by Crippen LogP contribution is -2.20. The van der Waals surface area contributed by atoms with Gasteiger partial charge >= 0.3 is 0 Å². The molecule has 0 radical (unpaired) electrons. The van der Waals surface area contributed by atoms with E-state index < -0.39 is 0 Å². The number of nitrogens with one attached hydrogen (secondary N) is 1. The molecule has 0 saturated carbocycles. The van der Waals surface area contributed by atoms with Gasteiger partial charge in [-0.2, -0.15) is 0 Å². The molecule has 1 aromatic heterocycles. The van der Waals surface area contributed by atoms with Crippen LogP contribution in [0, 0.1) is 18.7 Å². The van der Waals surface area contributed by atoms with E-state index in [0.29, 0.717) is 11.6 Å². The van der Waals surface area contributed by atoms with Crippen LogP contribution in [0.2, 0.25) is 0 Å². The number of anilines is 1. The number of carbonyl (C=O) groups excluding carboxylic acids is 1. The fourth-order valence-corrected chi connectivity index (χ4v) is 2.74. The summed E-state index contributed by atoms with van der Waals surface area (Å²) in [7, 11) is 1.60. The van der Waals surface area contributed by atoms with E-state index >= 15 is 0 Å². The number of benzene rings is 2. The second-order valence-corrected chi connectivity index (χ2v) is 6.53. The van der Waals surface area contributed by atoms with Crippen molar-refractivity contribution in [2.24, 2.45) is 0 Å². The molecule has 1 N–H and O–H groups in total. The molecular weight excluding hydrogens is 378 g/mol. The number of methoxy groups -OCH3 is 1. The van der Waals surface area contributed by atoms with Crippen molar-refractivity contribution in [2.75, 3.05) is 12.4 Å². The van der Waals surface area contributed by atoms with E-state index in [9.17, 15) is 4.79 Å². The van der Waals surface area contributed by atoms with Gasteiger partial charge in [0.25, 0.3) is 10.7 Å². The molecule has 0 bridgehead atoms. The SMILES string of the molecule is COc1ccc(OCc2nn(CC(=O)Nc3cccc(C)c3C)c(=S)o2)cc1. The third kappa shape index (κ3) is 4.77. The smallest absolute Gasteiger partial charge is 0.287 e. The topological polar surface area (TPSA) is 78.5 Å². The van der Waals surface area contributed by atoms with Crippen LogP contribution in [0.5, 0.6) is 11.5 Å². The molecule has 3 aromatic rings. The average molecular weight is 399 g/mol. The minimum absolute atomic E-state index is 0.0434. The summed E-state index contributed by atoms with van der Waals surface area (Å²) in [6.45, 7) is 4.01. The molecule has 0 spiro atoms. The molecule has 1 heterocycles. The Kier molecular flexibility index (Phi) is 6.10. The highest BCUT2D eigenvalue weighted by molar-refractivity contribution is 7.71. The van der Waals surface area contributed by atoms with Crippen molar-refractivity contribution >= 4 is 23.8 Å². The van der Waals surface area contributed by atoms with E-state index in [1.54, 1.807) is 31.4 Å². The Morgan fingerprint density at radius 3 is 2.61 bits per heavy atom. The quantitative estimate of drug-likeness (QED) is 0.604. The Morgan fingerprint density at radius 1 is 1.18 bits per heavy atom. The van der Waals surface area contributed by atoms with Crippen LogP contribution >= 0.6 is 12.2 Å². The molecule has 8 heteroatoms. The van der Waals surface area contributed by atoms with Crippen molar-refractivity contribution in [1.29, 1.82) is 0 Å². The minimum Gasteiger partial charge on any atom is -0.497 e. The first-order chi connectivity index (χ1) is 13.5. The zero-order valence-electron chi connectivity index (χ0n) is 15.9. The van der Waals surface area contributed by atoms with Gasteiger partial charge < -0.3 is 19.2 Å². The van der Waals surface area contributed by atoms with E-state index in [1.165, 1.54) is 4.68 Å². The zero-order chi connectivity index (χ0) is 20.1. The minimum atomic E-state index is -0.235. The second kappa shape index (κ2) is 8.71. The summed E-state index contributed by atoms with van der Waals surface area (Å²) in [4.78, 5) is 12.5. The number of hydrogen-bond acceptors (Lipinski definition) is 6. The van der Waals surface area contributed by atoms with Crippen molar-refractivity contribution in [2.45, 2.75) is 27.0 Å². The van der Waals surface area contributed by atoms with Crippen molar-refractivity contribution in [1.82, 2.24) is 9.78 Å². The first-order valence-corrected chi connectivity index (χ1v) is 9.07. The maximum Gasteiger partial charge on any atom is 0.287 e. The second-order valence-electron chi connectivity index (χ2n) is 6.18. The maximum atomic E-state index is 12.3. The van der Waals surface area contributed by atoms with Crippen LogP contribution in [0.15, 0.2) is 46.9 Å². The number of carbonyl (C=O) groups is 1. The summed E-state index contributed by atoms with van der Waals surface area (Å²) in [5.74, 6) is 1.44. The number of hydrogen-bond donors (Lipinski definition) is 1. The number of ether oxygens (including phenoxy) is 2. The molecule has 1 amide bonds. The van der Waals surface area contributed by atoms with E-state index in [0.717, 1.165) is 22.6 Å². The third-order valence-electron chi connectivity index (χ3n) is 4.24. The van der Waals surface area contributed by atoms with E-state index in [4.69, 9.17) is 26.1 Å². The van der Waals surface area contributed by atoms with Crippen molar-refractivity contribution < 1.29 is 18.7 Å². The predicted molar refractivity (Wildman–Crippen MR) is 107 cm³/mol. The van der Waals surface area contributed by atoms with Gasteiger partial charge in [-0.15, -0.1) is 5.10 Å². The Labute approximate surface area is 167 Å². The van der Waals surface area contributed by atoms with Crippen LogP contribution in [0.3, 0.4) is 0 Å². The Bertz CT molecular complexity index is 1020. The Balaban J connectivity index is 1.60. The van der Waals surface area contributed by atoms with Gasteiger partial charge in [-0.1, -0.05) is 12.1 Å². The van der Waals surface area contributed by atoms with Crippen molar-refractivity contribution in [3.05, 3.63) is 64.3 Å². The molecule has 0 aliphatic carbocycles. The van der Waals surface area contributed by atoms with Gasteiger partial charge in [0.15, 0.2) is 6.61 Å². The van der Waals surface area contributed by atoms with Crippen LogP contribution in [0.4, 0.5) is 5.69 Å². The van der Waals surface area contributed by atoms with Gasteiger partial charge in [-0.25, -0.2) is 4.68 Å². The van der Waals surface area contributed by atoms with Crippen LogP contribution in [0.25, 0.3) is 0 Å². The van der Waals surface area contributed by atoms with E-state index in [1.807, 2.05) is 32.0 Å². The summed E-state index contributed by atoms with van der Waals surface area (Å²) in [5, 5.41) is 7.09. The highest BCUT2D eigenvalue weighted by Gasteiger charge is 2.12. The van der Waals surface area contributed by atoms with Gasteiger partial charge in [0.1, 0.15) is 18.0 Å². The summed E-state index contributed by atoms with van der Waals surface area (Å²) in [5.41, 5.74) is 2.89. The molecule has 2 aromatic carbocycles. The number of rotatable bonds is 7. The van der Waals surface area contributed by atoms with E-state index in [2.05, 4.69) is 10.4 Å². The molecule has 0 fully saturated rings. The summed E-state index contributed by atoms with van der Waals surface area (Å²) < 4.78 is 17.5. The summed E-state index contributed by atoms with van der Waals surface area (Å²) >= 11 is 5.15. The Morgan fingerprint density at radius 2 is 1.89 bits per heavy atom. The van der Waals surface area contributed by atoms with Gasteiger partial charge in [0.2, 0.25) is 5.91 Å². The number of nitrogens with zero attached hydrogens (tertiary/aromatic N) is 2. The highest BCUT2D eigenvalue weighted by Crippen LogP contribution is 2.19. The average Bonchev–Trinajstić information content (AvgIpc) is 3.03. The first-order valence-electron chi connectivity index (χ1n) is 8.66. The predicted octanol–water partition coefficient (Wildman–Crippen LogP) is 4.05. The lowest BCUT2D eigenvalue weighted by atomic mass is 10.1. The van der Waals surface area contributed by atoms with Crippen LogP contribution in [-0.2, 0) is 17.9 Å². The van der Waals surface area contributed by atoms with E-state index in [-0.39, 0.29) is 23.9 Å². The fraction of sp³-hybridized carbons (Fsp3) is 0.250. The molecule has 3 rings (SSSR count). The molecule has 28 heavy (non-hydrogen) atoms. The monoisotopic (exact) mass is 399 g/mol. The molecule has 7 nitrogen and oxygen atoms in total. The number of aryl methyl sites for hydroxylation is 1. The molecule has 0 aliphatic rings. The highest BCUT2D eigenvalue weighted by atomic mass is 32.1. The zero-order valence-corrected chi connectivity index (χ0v) is 16.7. The third-order valence-corrected chi connectivity index (χ3v) is 4.54. The van der Waals surface area contributed by atoms with Gasteiger partial charge in [0, 0.05) is 5.69 Å². The summed E-state index contributed by atoms with van der Waals surface area (Å²) in [6, 6.07) is 12.9. The normalized spacial score (nSPS) is 10.5. The maximum absolute atomic E-state index is 12.3. The largest absolute Gasteiger partial charge is 0.497 e. The van der Waals surface area contributed by atoms with Crippen molar-refractivity contribution in [3.8, 4) is 11.5 Å². The molecule has 146 valence electrons. The van der Waals surface area contributed by atoms with Gasteiger partial charge in [-0.3, -0.25) is 4.79 Å². The molecule has 0 aliphatic heterocycles. The van der Waals surface area contributed by atoms with Crippen LogP contribution in [-0.4, -0.2) is 22.8 Å². The molecular formula is C20H21N3O4S. The first kappa shape index (κ1) is 19.6.